The molecule has 1 atom stereocenters. The monoisotopic (exact) mass is 501 g/mol. The SMILES string of the molecule is CCOc1ccc([C@@H]2/C(=C(\O)c3ccc(OCc4cccc(C)c4)cc3)C(=O)C(=O)N2CCOC)cc1. The van der Waals surface area contributed by atoms with Gasteiger partial charge in [-0.05, 0) is 61.4 Å². The molecule has 0 unspecified atom stereocenters. The summed E-state index contributed by atoms with van der Waals surface area (Å²) in [6.07, 6.45) is 0. The van der Waals surface area contributed by atoms with Crippen molar-refractivity contribution in [1.29, 1.82) is 0 Å². The molecular formula is C30H31NO6. The molecule has 37 heavy (non-hydrogen) atoms. The molecule has 0 radical (unpaired) electrons. The van der Waals surface area contributed by atoms with Crippen molar-refractivity contribution in [3.05, 3.63) is 101 Å². The number of nitrogens with zero attached hydrogens (tertiary/aromatic N) is 1. The van der Waals surface area contributed by atoms with Gasteiger partial charge < -0.3 is 24.2 Å². The number of aliphatic hydroxyl groups excluding tert-OH is 1. The first kappa shape index (κ1) is 26.0. The Bertz CT molecular complexity index is 1280. The van der Waals surface area contributed by atoms with Gasteiger partial charge in [-0.15, -0.1) is 0 Å². The summed E-state index contributed by atoms with van der Waals surface area (Å²) < 4.78 is 16.6. The number of ketones is 1. The standard InChI is InChI=1S/C30H31NO6/c1-4-36-24-12-8-22(9-13-24)27-26(29(33)30(34)31(27)16-17-35-3)28(32)23-10-14-25(15-11-23)37-19-21-7-5-6-20(2)18-21/h5-15,18,27,32H,4,16-17,19H2,1-3H3/b28-26+/t27-/m1/s1. The lowest BCUT2D eigenvalue weighted by molar-refractivity contribution is -0.140. The maximum absolute atomic E-state index is 13.1. The third-order valence-corrected chi connectivity index (χ3v) is 6.20. The lowest BCUT2D eigenvalue weighted by atomic mass is 9.95. The van der Waals surface area contributed by atoms with Crippen LogP contribution in [-0.2, 0) is 20.9 Å². The second-order valence-electron chi connectivity index (χ2n) is 8.79. The molecule has 1 N–H and O–H groups in total. The van der Waals surface area contributed by atoms with Gasteiger partial charge in [0.25, 0.3) is 11.7 Å². The van der Waals surface area contributed by atoms with Crippen LogP contribution < -0.4 is 9.47 Å². The highest BCUT2D eigenvalue weighted by Gasteiger charge is 2.45. The number of ether oxygens (including phenoxy) is 3. The van der Waals surface area contributed by atoms with Crippen LogP contribution in [0.25, 0.3) is 5.76 Å². The number of carbonyl (C=O) groups is 2. The molecule has 0 aromatic heterocycles. The van der Waals surface area contributed by atoms with Gasteiger partial charge in [0.1, 0.15) is 23.9 Å². The van der Waals surface area contributed by atoms with Gasteiger partial charge in [0.15, 0.2) is 0 Å². The molecule has 0 aliphatic carbocycles. The van der Waals surface area contributed by atoms with Gasteiger partial charge in [-0.2, -0.15) is 0 Å². The second-order valence-corrected chi connectivity index (χ2v) is 8.79. The van der Waals surface area contributed by atoms with Crippen molar-refractivity contribution in [1.82, 2.24) is 4.90 Å². The van der Waals surface area contributed by atoms with Gasteiger partial charge in [-0.3, -0.25) is 9.59 Å². The summed E-state index contributed by atoms with van der Waals surface area (Å²) in [5.74, 6) is -0.326. The molecule has 0 saturated carbocycles. The number of hydrogen-bond acceptors (Lipinski definition) is 6. The molecule has 7 nitrogen and oxygen atoms in total. The third-order valence-electron chi connectivity index (χ3n) is 6.20. The third kappa shape index (κ3) is 5.84. The van der Waals surface area contributed by atoms with Crippen molar-refractivity contribution in [2.24, 2.45) is 0 Å². The van der Waals surface area contributed by atoms with E-state index in [0.29, 0.717) is 35.8 Å². The van der Waals surface area contributed by atoms with Crippen molar-refractivity contribution >= 4 is 17.4 Å². The summed E-state index contributed by atoms with van der Waals surface area (Å²) in [6, 6.07) is 21.3. The molecule has 4 rings (SSSR count). The average molecular weight is 502 g/mol. The van der Waals surface area contributed by atoms with E-state index in [1.807, 2.05) is 32.0 Å². The summed E-state index contributed by atoms with van der Waals surface area (Å²) in [5.41, 5.74) is 3.37. The normalized spacial score (nSPS) is 16.7. The molecule has 1 aliphatic rings. The number of hydrogen-bond donors (Lipinski definition) is 1. The number of amides is 1. The van der Waals surface area contributed by atoms with Gasteiger partial charge >= 0.3 is 0 Å². The van der Waals surface area contributed by atoms with E-state index in [4.69, 9.17) is 14.2 Å². The summed E-state index contributed by atoms with van der Waals surface area (Å²) in [4.78, 5) is 27.5. The Balaban J connectivity index is 1.63. The lowest BCUT2D eigenvalue weighted by Crippen LogP contribution is -2.32. The fraction of sp³-hybridized carbons (Fsp3) is 0.267. The van der Waals surface area contributed by atoms with Crippen LogP contribution in [0, 0.1) is 6.92 Å². The van der Waals surface area contributed by atoms with E-state index < -0.39 is 17.7 Å². The molecule has 192 valence electrons. The molecule has 3 aromatic rings. The number of Topliss-reactive ketones (excluding diaryl/α,β-unsaturated/α-hetero) is 1. The van der Waals surface area contributed by atoms with Crippen LogP contribution in [0.4, 0.5) is 0 Å². The molecule has 0 spiro atoms. The van der Waals surface area contributed by atoms with Crippen molar-refractivity contribution in [3.8, 4) is 11.5 Å². The Kier molecular flexibility index (Phi) is 8.25. The predicted molar refractivity (Wildman–Crippen MR) is 140 cm³/mol. The average Bonchev–Trinajstić information content (AvgIpc) is 3.16. The van der Waals surface area contributed by atoms with E-state index in [2.05, 4.69) is 6.07 Å². The van der Waals surface area contributed by atoms with Crippen LogP contribution in [0.2, 0.25) is 0 Å². The van der Waals surface area contributed by atoms with Crippen molar-refractivity contribution < 1.29 is 28.9 Å². The quantitative estimate of drug-likeness (QED) is 0.238. The zero-order chi connectivity index (χ0) is 26.4. The molecule has 3 aromatic carbocycles. The van der Waals surface area contributed by atoms with Crippen LogP contribution in [-0.4, -0.2) is 48.6 Å². The minimum Gasteiger partial charge on any atom is -0.507 e. The minimum atomic E-state index is -0.747. The zero-order valence-corrected chi connectivity index (χ0v) is 21.3. The van der Waals surface area contributed by atoms with Crippen LogP contribution in [0.3, 0.4) is 0 Å². The topological polar surface area (TPSA) is 85.3 Å². The molecule has 7 heteroatoms. The molecule has 0 bridgehead atoms. The number of aliphatic hydroxyl groups is 1. The van der Waals surface area contributed by atoms with E-state index in [9.17, 15) is 14.7 Å². The van der Waals surface area contributed by atoms with Gasteiger partial charge in [-0.1, -0.05) is 42.0 Å². The molecule has 1 fully saturated rings. The summed E-state index contributed by atoms with van der Waals surface area (Å²) in [5, 5.41) is 11.2. The van der Waals surface area contributed by atoms with Gasteiger partial charge in [0.2, 0.25) is 0 Å². The van der Waals surface area contributed by atoms with Crippen molar-refractivity contribution in [2.45, 2.75) is 26.5 Å². The van der Waals surface area contributed by atoms with Crippen LogP contribution in [0.5, 0.6) is 11.5 Å². The molecule has 1 saturated heterocycles. The first-order valence-electron chi connectivity index (χ1n) is 12.2. The van der Waals surface area contributed by atoms with Crippen LogP contribution in [0.15, 0.2) is 78.4 Å². The van der Waals surface area contributed by atoms with E-state index in [-0.39, 0.29) is 24.5 Å². The maximum atomic E-state index is 13.1. The number of aryl methyl sites for hydroxylation is 1. The first-order chi connectivity index (χ1) is 17.9. The van der Waals surface area contributed by atoms with E-state index in [1.54, 1.807) is 48.5 Å². The Morgan fingerprint density at radius 2 is 1.62 bits per heavy atom. The van der Waals surface area contributed by atoms with Gasteiger partial charge in [0.05, 0.1) is 24.8 Å². The fourth-order valence-corrected chi connectivity index (χ4v) is 4.39. The smallest absolute Gasteiger partial charge is 0.295 e. The van der Waals surface area contributed by atoms with Crippen LogP contribution in [0.1, 0.15) is 35.2 Å². The molecule has 1 aliphatic heterocycles. The maximum Gasteiger partial charge on any atom is 0.295 e. The highest BCUT2D eigenvalue weighted by atomic mass is 16.5. The van der Waals surface area contributed by atoms with E-state index in [0.717, 1.165) is 11.1 Å². The number of carbonyl (C=O) groups excluding carboxylic acids is 2. The van der Waals surface area contributed by atoms with Gasteiger partial charge in [0, 0.05) is 19.2 Å². The summed E-state index contributed by atoms with van der Waals surface area (Å²) in [6.45, 7) is 5.33. The number of benzene rings is 3. The Morgan fingerprint density at radius 1 is 0.946 bits per heavy atom. The molecular weight excluding hydrogens is 470 g/mol. The van der Waals surface area contributed by atoms with Gasteiger partial charge in [-0.25, -0.2) is 0 Å². The number of methoxy groups -OCH3 is 1. The second kappa shape index (κ2) is 11.8. The molecule has 1 amide bonds. The Hall–Kier alpha value is -4.10. The lowest BCUT2D eigenvalue weighted by Gasteiger charge is -2.25. The van der Waals surface area contributed by atoms with E-state index in [1.165, 1.54) is 12.0 Å². The first-order valence-corrected chi connectivity index (χ1v) is 12.2. The Morgan fingerprint density at radius 3 is 2.27 bits per heavy atom. The number of rotatable bonds is 10. The fourth-order valence-electron chi connectivity index (χ4n) is 4.39. The predicted octanol–water partition coefficient (Wildman–Crippen LogP) is 5.04. The zero-order valence-electron chi connectivity index (χ0n) is 21.3. The van der Waals surface area contributed by atoms with Crippen molar-refractivity contribution in [2.75, 3.05) is 26.9 Å². The number of likely N-dealkylation sites (tertiary alicyclic amines) is 1. The largest absolute Gasteiger partial charge is 0.507 e. The molecule has 1 heterocycles. The highest BCUT2D eigenvalue weighted by molar-refractivity contribution is 6.46. The van der Waals surface area contributed by atoms with E-state index >= 15 is 0 Å². The highest BCUT2D eigenvalue weighted by Crippen LogP contribution is 2.39. The summed E-state index contributed by atoms with van der Waals surface area (Å²) >= 11 is 0. The summed E-state index contributed by atoms with van der Waals surface area (Å²) in [7, 11) is 1.53. The minimum absolute atomic E-state index is 0.0405. The van der Waals surface area contributed by atoms with Crippen molar-refractivity contribution in [3.63, 3.8) is 0 Å². The van der Waals surface area contributed by atoms with Crippen LogP contribution >= 0.6 is 0 Å². The Labute approximate surface area is 216 Å².